The highest BCUT2D eigenvalue weighted by atomic mass is 15.1. The SMILES string of the molecule is c1ccc(-c2ccc(-c3nc4c5ccccc5c5ccccc5c4n3-c3ccc(-c4nc(-c5ccccc5)nc(-c5ccccc5)n4)cc3)cc2)cc1. The molecule has 0 radical (unpaired) electrons. The van der Waals surface area contributed by atoms with Crippen LogP contribution in [-0.4, -0.2) is 24.5 Å². The fourth-order valence-electron chi connectivity index (χ4n) is 7.29. The van der Waals surface area contributed by atoms with Crippen molar-refractivity contribution in [2.45, 2.75) is 0 Å². The van der Waals surface area contributed by atoms with E-state index in [9.17, 15) is 0 Å². The van der Waals surface area contributed by atoms with E-state index in [4.69, 9.17) is 19.9 Å². The quantitative estimate of drug-likeness (QED) is 0.164. The largest absolute Gasteiger partial charge is 0.292 e. The van der Waals surface area contributed by atoms with Crippen molar-refractivity contribution in [2.75, 3.05) is 0 Å². The van der Waals surface area contributed by atoms with Crippen LogP contribution < -0.4 is 0 Å². The van der Waals surface area contributed by atoms with Crippen molar-refractivity contribution in [3.05, 3.63) is 188 Å². The molecule has 2 heterocycles. The van der Waals surface area contributed by atoms with Crippen molar-refractivity contribution in [1.29, 1.82) is 0 Å². The van der Waals surface area contributed by atoms with Crippen LogP contribution in [0.2, 0.25) is 0 Å². The molecule has 0 N–H and O–H groups in total. The lowest BCUT2D eigenvalue weighted by Gasteiger charge is -2.14. The van der Waals surface area contributed by atoms with Gasteiger partial charge in [-0.15, -0.1) is 0 Å². The van der Waals surface area contributed by atoms with Crippen molar-refractivity contribution in [2.24, 2.45) is 0 Å². The average molecular weight is 678 g/mol. The van der Waals surface area contributed by atoms with Gasteiger partial charge in [-0.1, -0.05) is 164 Å². The lowest BCUT2D eigenvalue weighted by atomic mass is 10.00. The minimum atomic E-state index is 0.618. The van der Waals surface area contributed by atoms with Crippen molar-refractivity contribution in [3.8, 4) is 62.4 Å². The van der Waals surface area contributed by atoms with Gasteiger partial charge in [0.25, 0.3) is 0 Å². The molecular weight excluding hydrogens is 647 g/mol. The standard InChI is InChI=1S/C48H31N5/c1-4-14-32(15-5-1)33-24-26-37(27-25-33)48-49-43-41-22-12-10-20-39(41)40-21-11-13-23-42(40)44(43)53(48)38-30-28-36(29-31-38)47-51-45(34-16-6-2-7-17-34)50-46(52-47)35-18-8-3-9-19-35/h1-31H. The molecule has 0 saturated heterocycles. The van der Waals surface area contributed by atoms with E-state index in [1.807, 2.05) is 66.7 Å². The maximum Gasteiger partial charge on any atom is 0.164 e. The second-order valence-electron chi connectivity index (χ2n) is 13.1. The Balaban J connectivity index is 1.17. The normalized spacial score (nSPS) is 11.4. The molecule has 10 rings (SSSR count). The average Bonchev–Trinajstić information content (AvgIpc) is 3.66. The van der Waals surface area contributed by atoms with Crippen molar-refractivity contribution in [1.82, 2.24) is 24.5 Å². The Labute approximate surface area is 306 Å². The maximum atomic E-state index is 5.44. The van der Waals surface area contributed by atoms with Crippen molar-refractivity contribution in [3.63, 3.8) is 0 Å². The number of aromatic nitrogens is 5. The monoisotopic (exact) mass is 677 g/mol. The molecule has 0 bridgehead atoms. The first kappa shape index (κ1) is 30.6. The van der Waals surface area contributed by atoms with Crippen LogP contribution in [0.4, 0.5) is 0 Å². The number of fused-ring (bicyclic) bond motifs is 6. The Morgan fingerprint density at radius 2 is 0.660 bits per heavy atom. The highest BCUT2D eigenvalue weighted by Gasteiger charge is 2.21. The fourth-order valence-corrected chi connectivity index (χ4v) is 7.29. The molecule has 0 aliphatic rings. The minimum absolute atomic E-state index is 0.618. The smallest absolute Gasteiger partial charge is 0.164 e. The zero-order valence-corrected chi connectivity index (χ0v) is 28.6. The summed E-state index contributed by atoms with van der Waals surface area (Å²) in [6.45, 7) is 0. The Hall–Kier alpha value is -7.24. The van der Waals surface area contributed by atoms with Crippen LogP contribution in [0.3, 0.4) is 0 Å². The number of nitrogens with zero attached hydrogens (tertiary/aromatic N) is 5. The lowest BCUT2D eigenvalue weighted by Crippen LogP contribution is -2.01. The van der Waals surface area contributed by atoms with E-state index in [-0.39, 0.29) is 0 Å². The van der Waals surface area contributed by atoms with E-state index in [1.54, 1.807) is 0 Å². The van der Waals surface area contributed by atoms with Gasteiger partial charge in [-0.2, -0.15) is 0 Å². The highest BCUT2D eigenvalue weighted by Crippen LogP contribution is 2.39. The van der Waals surface area contributed by atoms with E-state index in [1.165, 1.54) is 21.9 Å². The molecule has 8 aromatic carbocycles. The molecule has 2 aromatic heterocycles. The summed E-state index contributed by atoms with van der Waals surface area (Å²) in [6.07, 6.45) is 0. The van der Waals surface area contributed by atoms with Crippen LogP contribution in [0.5, 0.6) is 0 Å². The van der Waals surface area contributed by atoms with E-state index in [2.05, 4.69) is 126 Å². The summed E-state index contributed by atoms with van der Waals surface area (Å²) in [5.74, 6) is 2.78. The van der Waals surface area contributed by atoms with Gasteiger partial charge in [-0.3, -0.25) is 4.57 Å². The summed E-state index contributed by atoms with van der Waals surface area (Å²) >= 11 is 0. The second kappa shape index (κ2) is 12.8. The molecule has 0 saturated carbocycles. The molecule has 248 valence electrons. The van der Waals surface area contributed by atoms with Crippen LogP contribution >= 0.6 is 0 Å². The second-order valence-corrected chi connectivity index (χ2v) is 13.1. The Morgan fingerprint density at radius 3 is 1.21 bits per heavy atom. The molecule has 5 heteroatoms. The number of rotatable bonds is 6. The molecule has 0 fully saturated rings. The Morgan fingerprint density at radius 1 is 0.283 bits per heavy atom. The summed E-state index contributed by atoms with van der Waals surface area (Å²) in [4.78, 5) is 20.3. The van der Waals surface area contributed by atoms with Gasteiger partial charge in [0.2, 0.25) is 0 Å². The van der Waals surface area contributed by atoms with E-state index in [0.29, 0.717) is 17.5 Å². The zero-order valence-electron chi connectivity index (χ0n) is 28.6. The first-order valence-corrected chi connectivity index (χ1v) is 17.7. The first-order chi connectivity index (χ1) is 26.3. The first-order valence-electron chi connectivity index (χ1n) is 17.7. The number of hydrogen-bond donors (Lipinski definition) is 0. The Kier molecular flexibility index (Phi) is 7.40. The van der Waals surface area contributed by atoms with Crippen LogP contribution in [-0.2, 0) is 0 Å². The lowest BCUT2D eigenvalue weighted by molar-refractivity contribution is 1.07. The molecule has 0 amide bonds. The van der Waals surface area contributed by atoms with Gasteiger partial charge in [-0.25, -0.2) is 19.9 Å². The van der Waals surface area contributed by atoms with Gasteiger partial charge in [0.1, 0.15) is 5.82 Å². The van der Waals surface area contributed by atoms with Crippen LogP contribution in [0, 0.1) is 0 Å². The summed E-state index contributed by atoms with van der Waals surface area (Å²) in [5.41, 5.74) is 9.22. The van der Waals surface area contributed by atoms with Crippen LogP contribution in [0.1, 0.15) is 0 Å². The number of imidazole rings is 1. The van der Waals surface area contributed by atoms with Gasteiger partial charge in [-0.05, 0) is 46.2 Å². The zero-order chi connectivity index (χ0) is 35.1. The molecule has 53 heavy (non-hydrogen) atoms. The fraction of sp³-hybridized carbons (Fsp3) is 0. The van der Waals surface area contributed by atoms with Gasteiger partial charge < -0.3 is 0 Å². The van der Waals surface area contributed by atoms with Crippen LogP contribution in [0.25, 0.3) is 94.9 Å². The third-order valence-electron chi connectivity index (χ3n) is 9.87. The molecule has 10 aromatic rings. The molecule has 0 aliphatic heterocycles. The van der Waals surface area contributed by atoms with Crippen molar-refractivity contribution < 1.29 is 0 Å². The number of hydrogen-bond acceptors (Lipinski definition) is 4. The third kappa shape index (κ3) is 5.43. The summed E-state index contributed by atoms with van der Waals surface area (Å²) in [6, 6.07) is 65.1. The van der Waals surface area contributed by atoms with Gasteiger partial charge in [0.15, 0.2) is 17.5 Å². The molecule has 0 aliphatic carbocycles. The van der Waals surface area contributed by atoms with Crippen LogP contribution in [0.15, 0.2) is 188 Å². The maximum absolute atomic E-state index is 5.44. The minimum Gasteiger partial charge on any atom is -0.292 e. The predicted octanol–water partition coefficient (Wildman–Crippen LogP) is 11.9. The predicted molar refractivity (Wildman–Crippen MR) is 217 cm³/mol. The summed E-state index contributed by atoms with van der Waals surface area (Å²) in [5, 5.41) is 4.68. The third-order valence-corrected chi connectivity index (χ3v) is 9.87. The molecular formula is C48H31N5. The Bertz CT molecular complexity index is 2840. The summed E-state index contributed by atoms with van der Waals surface area (Å²) < 4.78 is 2.31. The molecule has 0 atom stereocenters. The topological polar surface area (TPSA) is 56.5 Å². The molecule has 0 unspecified atom stereocenters. The van der Waals surface area contributed by atoms with Gasteiger partial charge >= 0.3 is 0 Å². The van der Waals surface area contributed by atoms with Gasteiger partial charge in [0.05, 0.1) is 11.0 Å². The van der Waals surface area contributed by atoms with Gasteiger partial charge in [0, 0.05) is 38.7 Å². The van der Waals surface area contributed by atoms with E-state index in [0.717, 1.165) is 55.6 Å². The summed E-state index contributed by atoms with van der Waals surface area (Å²) in [7, 11) is 0. The van der Waals surface area contributed by atoms with E-state index >= 15 is 0 Å². The van der Waals surface area contributed by atoms with Crippen molar-refractivity contribution >= 4 is 32.6 Å². The number of benzene rings is 8. The highest BCUT2D eigenvalue weighted by molar-refractivity contribution is 6.24. The van der Waals surface area contributed by atoms with E-state index < -0.39 is 0 Å². The molecule has 5 nitrogen and oxygen atoms in total. The molecule has 0 spiro atoms.